The van der Waals surface area contributed by atoms with Gasteiger partial charge >= 0.3 is 0 Å². The van der Waals surface area contributed by atoms with E-state index in [-0.39, 0.29) is 0 Å². The quantitative estimate of drug-likeness (QED) is 0.504. The van der Waals surface area contributed by atoms with Crippen LogP contribution in [0, 0.1) is 10.8 Å². The van der Waals surface area contributed by atoms with Crippen molar-refractivity contribution in [2.24, 2.45) is 10.8 Å². The largest absolute Gasteiger partial charge is 0.0648 e. The summed E-state index contributed by atoms with van der Waals surface area (Å²) >= 11 is 0. The van der Waals surface area contributed by atoms with Crippen LogP contribution in [0.25, 0.3) is 0 Å². The predicted molar refractivity (Wildman–Crippen MR) is 39.3 cm³/mol. The topological polar surface area (TPSA) is 0 Å². The van der Waals surface area contributed by atoms with E-state index in [0.717, 1.165) is 10.8 Å². The molecule has 9 heavy (non-hydrogen) atoms. The first-order valence-electron chi connectivity index (χ1n) is 4.22. The van der Waals surface area contributed by atoms with Crippen molar-refractivity contribution in [1.29, 1.82) is 0 Å². The van der Waals surface area contributed by atoms with E-state index in [4.69, 9.17) is 0 Å². The van der Waals surface area contributed by atoms with Crippen LogP contribution in [0.3, 0.4) is 0 Å². The molecule has 0 aromatic carbocycles. The van der Waals surface area contributed by atoms with Crippen LogP contribution in [-0.4, -0.2) is 0 Å². The van der Waals surface area contributed by atoms with Gasteiger partial charge in [-0.25, -0.2) is 0 Å². The van der Waals surface area contributed by atoms with Crippen molar-refractivity contribution in [1.82, 2.24) is 0 Å². The highest BCUT2D eigenvalue weighted by molar-refractivity contribution is 5.14. The molecular weight excluding hydrogens is 108 g/mol. The van der Waals surface area contributed by atoms with Crippen molar-refractivity contribution in [3.05, 3.63) is 0 Å². The minimum Gasteiger partial charge on any atom is -0.0648 e. The van der Waals surface area contributed by atoms with Crippen LogP contribution in [-0.2, 0) is 0 Å². The number of hydrogen-bond donors (Lipinski definition) is 0. The molecule has 0 radical (unpaired) electrons. The second kappa shape index (κ2) is 1.36. The van der Waals surface area contributed by atoms with Crippen LogP contribution in [0.4, 0.5) is 0 Å². The fourth-order valence-electron chi connectivity index (χ4n) is 2.99. The van der Waals surface area contributed by atoms with E-state index in [0.29, 0.717) is 0 Å². The van der Waals surface area contributed by atoms with Crippen molar-refractivity contribution in [2.75, 3.05) is 0 Å². The molecule has 52 valence electrons. The third-order valence-corrected chi connectivity index (χ3v) is 3.94. The number of fused-ring (bicyclic) bond motifs is 1. The summed E-state index contributed by atoms with van der Waals surface area (Å²) in [5, 5.41) is 0. The summed E-state index contributed by atoms with van der Waals surface area (Å²) in [6.07, 6.45) is 7.52. The maximum atomic E-state index is 2.48. The SMILES string of the molecule is CC[C@@]12CCC[C@]1(C)C2. The summed E-state index contributed by atoms with van der Waals surface area (Å²) in [5.41, 5.74) is 1.65. The molecule has 0 saturated heterocycles. The minimum absolute atomic E-state index is 0.807. The molecule has 0 aromatic rings. The Morgan fingerprint density at radius 2 is 2.11 bits per heavy atom. The maximum Gasteiger partial charge on any atom is -0.0241 e. The Hall–Kier alpha value is 0. The second-order valence-corrected chi connectivity index (χ2v) is 4.22. The van der Waals surface area contributed by atoms with E-state index in [1.54, 1.807) is 0 Å². The molecule has 2 rings (SSSR count). The standard InChI is InChI=1S/C9H16/c1-3-9-6-4-5-8(9,2)7-9/h3-7H2,1-2H3/t8-,9+/m1/s1. The average molecular weight is 124 g/mol. The Bertz CT molecular complexity index is 135. The fraction of sp³-hybridized carbons (Fsp3) is 1.00. The van der Waals surface area contributed by atoms with Gasteiger partial charge in [-0.15, -0.1) is 0 Å². The monoisotopic (exact) mass is 124 g/mol. The minimum atomic E-state index is 0.807. The van der Waals surface area contributed by atoms with Gasteiger partial charge in [0.1, 0.15) is 0 Å². The third-order valence-electron chi connectivity index (χ3n) is 3.94. The van der Waals surface area contributed by atoms with Crippen molar-refractivity contribution in [3.8, 4) is 0 Å². The molecular formula is C9H16. The molecule has 0 heteroatoms. The summed E-state index contributed by atoms with van der Waals surface area (Å²) in [5.74, 6) is 0. The molecule has 2 aliphatic carbocycles. The first-order chi connectivity index (χ1) is 4.22. The van der Waals surface area contributed by atoms with Gasteiger partial charge in [0.15, 0.2) is 0 Å². The van der Waals surface area contributed by atoms with Gasteiger partial charge in [-0.2, -0.15) is 0 Å². The maximum absolute atomic E-state index is 2.48. The zero-order valence-electron chi connectivity index (χ0n) is 6.54. The molecule has 2 atom stereocenters. The van der Waals surface area contributed by atoms with E-state index >= 15 is 0 Å². The van der Waals surface area contributed by atoms with Gasteiger partial charge in [0.2, 0.25) is 0 Å². The lowest BCUT2D eigenvalue weighted by Crippen LogP contribution is -2.00. The summed E-state index contributed by atoms with van der Waals surface area (Å²) in [4.78, 5) is 0. The first-order valence-corrected chi connectivity index (χ1v) is 4.22. The van der Waals surface area contributed by atoms with Crippen LogP contribution in [0.2, 0.25) is 0 Å². The molecule has 2 fully saturated rings. The van der Waals surface area contributed by atoms with Crippen LogP contribution >= 0.6 is 0 Å². The van der Waals surface area contributed by atoms with Crippen molar-refractivity contribution < 1.29 is 0 Å². The highest BCUT2D eigenvalue weighted by Crippen LogP contribution is 2.74. The average Bonchev–Trinajstić information content (AvgIpc) is 2.29. The Kier molecular flexibility index (Phi) is 0.868. The zero-order valence-corrected chi connectivity index (χ0v) is 6.54. The molecule has 0 bridgehead atoms. The molecule has 0 N–H and O–H groups in total. The number of hydrogen-bond acceptors (Lipinski definition) is 0. The van der Waals surface area contributed by atoms with Crippen LogP contribution in [0.5, 0.6) is 0 Å². The molecule has 0 heterocycles. The van der Waals surface area contributed by atoms with Gasteiger partial charge in [-0.05, 0) is 36.5 Å². The highest BCUT2D eigenvalue weighted by atomic mass is 14.7. The summed E-state index contributed by atoms with van der Waals surface area (Å²) in [6.45, 7) is 4.83. The molecule has 0 aromatic heterocycles. The van der Waals surface area contributed by atoms with Crippen LogP contribution in [0.1, 0.15) is 46.0 Å². The van der Waals surface area contributed by atoms with E-state index in [1.807, 2.05) is 0 Å². The van der Waals surface area contributed by atoms with Gasteiger partial charge in [0.25, 0.3) is 0 Å². The van der Waals surface area contributed by atoms with Crippen molar-refractivity contribution in [3.63, 3.8) is 0 Å². The summed E-state index contributed by atoms with van der Waals surface area (Å²) < 4.78 is 0. The highest BCUT2D eigenvalue weighted by Gasteiger charge is 2.64. The Morgan fingerprint density at radius 1 is 1.33 bits per heavy atom. The van der Waals surface area contributed by atoms with Crippen LogP contribution < -0.4 is 0 Å². The lowest BCUT2D eigenvalue weighted by molar-refractivity contribution is 0.404. The van der Waals surface area contributed by atoms with E-state index in [2.05, 4.69) is 13.8 Å². The van der Waals surface area contributed by atoms with Crippen LogP contribution in [0.15, 0.2) is 0 Å². The summed E-state index contributed by atoms with van der Waals surface area (Å²) in [7, 11) is 0. The van der Waals surface area contributed by atoms with Gasteiger partial charge in [-0.3, -0.25) is 0 Å². The molecule has 2 saturated carbocycles. The lowest BCUT2D eigenvalue weighted by Gasteiger charge is -2.09. The number of rotatable bonds is 1. The Balaban J connectivity index is 2.19. The molecule has 0 aliphatic heterocycles. The fourth-order valence-corrected chi connectivity index (χ4v) is 2.99. The Morgan fingerprint density at radius 3 is 2.33 bits per heavy atom. The van der Waals surface area contributed by atoms with E-state index < -0.39 is 0 Å². The van der Waals surface area contributed by atoms with Crippen molar-refractivity contribution >= 4 is 0 Å². The molecule has 2 aliphatic rings. The second-order valence-electron chi connectivity index (χ2n) is 4.22. The molecule has 0 amide bonds. The lowest BCUT2D eigenvalue weighted by atomic mass is 9.96. The smallest absolute Gasteiger partial charge is 0.0241 e. The normalized spacial score (nSPS) is 55.3. The van der Waals surface area contributed by atoms with Gasteiger partial charge in [0, 0.05) is 0 Å². The first kappa shape index (κ1) is 5.76. The van der Waals surface area contributed by atoms with Gasteiger partial charge in [-0.1, -0.05) is 20.3 Å². The summed E-state index contributed by atoms with van der Waals surface area (Å²) in [6, 6.07) is 0. The Labute approximate surface area is 57.6 Å². The molecule has 0 nitrogen and oxygen atoms in total. The van der Waals surface area contributed by atoms with Gasteiger partial charge < -0.3 is 0 Å². The van der Waals surface area contributed by atoms with E-state index in [9.17, 15) is 0 Å². The van der Waals surface area contributed by atoms with Gasteiger partial charge in [0.05, 0.1) is 0 Å². The zero-order chi connectivity index (χ0) is 6.54. The third kappa shape index (κ3) is 0.500. The molecule has 0 spiro atoms. The van der Waals surface area contributed by atoms with Crippen molar-refractivity contribution in [2.45, 2.75) is 46.0 Å². The van der Waals surface area contributed by atoms with E-state index in [1.165, 1.54) is 32.1 Å². The predicted octanol–water partition coefficient (Wildman–Crippen LogP) is 2.98. The molecule has 0 unspecified atom stereocenters.